The average Bonchev–Trinajstić information content (AvgIpc) is 2.44. The molecule has 0 aliphatic rings. The predicted octanol–water partition coefficient (Wildman–Crippen LogP) is 4.08. The van der Waals surface area contributed by atoms with E-state index in [1.54, 1.807) is 24.2 Å². The van der Waals surface area contributed by atoms with Crippen molar-refractivity contribution in [2.45, 2.75) is 31.8 Å². The molecule has 0 radical (unpaired) electrons. The Morgan fingerprint density at radius 1 is 1.20 bits per heavy atom. The van der Waals surface area contributed by atoms with Crippen molar-refractivity contribution in [2.24, 2.45) is 0 Å². The molecule has 1 heterocycles. The number of ether oxygens (including phenoxy) is 1. The largest absolute Gasteiger partial charge is 0.493 e. The van der Waals surface area contributed by atoms with Gasteiger partial charge in [-0.1, -0.05) is 31.7 Å². The van der Waals surface area contributed by atoms with Crippen LogP contribution in [0.15, 0.2) is 41.8 Å². The van der Waals surface area contributed by atoms with E-state index in [-0.39, 0.29) is 0 Å². The topological polar surface area (TPSA) is 35.0 Å². The van der Waals surface area contributed by atoms with Crippen molar-refractivity contribution in [3.05, 3.63) is 47.8 Å². The minimum atomic E-state index is 0.551. The first-order valence-corrected chi connectivity index (χ1v) is 7.78. The van der Waals surface area contributed by atoms with Crippen LogP contribution in [0.4, 0.5) is 0 Å². The Balaban J connectivity index is 1.81. The third-order valence-corrected chi connectivity index (χ3v) is 3.83. The Hall–Kier alpha value is -1.55. The zero-order valence-electron chi connectivity index (χ0n) is 12.2. The van der Waals surface area contributed by atoms with Crippen molar-refractivity contribution in [1.82, 2.24) is 9.97 Å². The van der Waals surface area contributed by atoms with Gasteiger partial charge in [0.15, 0.2) is 5.16 Å². The number of aromatic nitrogens is 2. The molecule has 0 aliphatic carbocycles. The summed E-state index contributed by atoms with van der Waals surface area (Å²) in [6, 6.07) is 8.13. The van der Waals surface area contributed by atoms with Gasteiger partial charge in [0.1, 0.15) is 5.75 Å². The molecule has 1 aromatic heterocycles. The molecular formula is C16H20N2OS. The highest BCUT2D eigenvalue weighted by Gasteiger charge is 2.04. The van der Waals surface area contributed by atoms with Crippen LogP contribution in [-0.2, 0) is 0 Å². The highest BCUT2D eigenvalue weighted by molar-refractivity contribution is 7.99. The predicted molar refractivity (Wildman–Crippen MR) is 83.5 cm³/mol. The number of hydrogen-bond acceptors (Lipinski definition) is 4. The number of nitrogens with zero attached hydrogens (tertiary/aromatic N) is 2. The van der Waals surface area contributed by atoms with Crippen molar-refractivity contribution in [3.8, 4) is 5.75 Å². The second-order valence-electron chi connectivity index (χ2n) is 4.90. The normalized spacial score (nSPS) is 10.8. The first-order valence-electron chi connectivity index (χ1n) is 6.80. The fraction of sp³-hybridized carbons (Fsp3) is 0.375. The van der Waals surface area contributed by atoms with E-state index in [4.69, 9.17) is 4.74 Å². The lowest BCUT2D eigenvalue weighted by atomic mass is 9.98. The summed E-state index contributed by atoms with van der Waals surface area (Å²) < 4.78 is 5.77. The molecule has 20 heavy (non-hydrogen) atoms. The molecule has 0 amide bonds. The maximum Gasteiger partial charge on any atom is 0.187 e. The van der Waals surface area contributed by atoms with Gasteiger partial charge in [0, 0.05) is 18.1 Å². The molecular weight excluding hydrogens is 268 g/mol. The number of thioether (sulfide) groups is 1. The summed E-state index contributed by atoms with van der Waals surface area (Å²) in [5.74, 6) is 2.32. The molecule has 0 bridgehead atoms. The summed E-state index contributed by atoms with van der Waals surface area (Å²) in [5, 5.41) is 0.794. The van der Waals surface area contributed by atoms with Gasteiger partial charge in [0.25, 0.3) is 0 Å². The second-order valence-corrected chi connectivity index (χ2v) is 5.96. The zero-order valence-corrected chi connectivity index (χ0v) is 13.0. The number of hydrogen-bond donors (Lipinski definition) is 0. The van der Waals surface area contributed by atoms with Crippen LogP contribution in [0, 0.1) is 6.92 Å². The third-order valence-electron chi connectivity index (χ3n) is 2.99. The SMILES string of the molecule is Cc1cc(OCCSc2ncccn2)ccc1C(C)C. The fourth-order valence-corrected chi connectivity index (χ4v) is 2.66. The first-order chi connectivity index (χ1) is 9.66. The smallest absolute Gasteiger partial charge is 0.187 e. The van der Waals surface area contributed by atoms with E-state index >= 15 is 0 Å². The molecule has 4 heteroatoms. The summed E-state index contributed by atoms with van der Waals surface area (Å²) in [7, 11) is 0. The Kier molecular flexibility index (Phi) is 5.41. The molecule has 106 valence electrons. The van der Waals surface area contributed by atoms with E-state index in [2.05, 4.69) is 42.9 Å². The van der Waals surface area contributed by atoms with Gasteiger partial charge in [-0.25, -0.2) is 9.97 Å². The highest BCUT2D eigenvalue weighted by atomic mass is 32.2. The quantitative estimate of drug-likeness (QED) is 0.456. The van der Waals surface area contributed by atoms with Crippen molar-refractivity contribution in [1.29, 1.82) is 0 Å². The van der Waals surface area contributed by atoms with Gasteiger partial charge in [-0.05, 0) is 42.2 Å². The van der Waals surface area contributed by atoms with Crippen LogP contribution in [-0.4, -0.2) is 22.3 Å². The number of benzene rings is 1. The third kappa shape index (κ3) is 4.23. The van der Waals surface area contributed by atoms with Gasteiger partial charge in [-0.15, -0.1) is 0 Å². The molecule has 0 atom stereocenters. The summed E-state index contributed by atoms with van der Waals surface area (Å²) in [6.07, 6.45) is 3.51. The standard InChI is InChI=1S/C16H20N2OS/c1-12(2)15-6-5-14(11-13(15)3)19-9-10-20-16-17-7-4-8-18-16/h4-8,11-12H,9-10H2,1-3H3. The Labute approximate surface area is 124 Å². The first kappa shape index (κ1) is 14.9. The van der Waals surface area contributed by atoms with Crippen LogP contribution in [0.1, 0.15) is 30.9 Å². The maximum atomic E-state index is 5.77. The second kappa shape index (κ2) is 7.29. The van der Waals surface area contributed by atoms with Gasteiger partial charge in [0.2, 0.25) is 0 Å². The molecule has 3 nitrogen and oxygen atoms in total. The van der Waals surface area contributed by atoms with Gasteiger partial charge < -0.3 is 4.74 Å². The van der Waals surface area contributed by atoms with Crippen LogP contribution in [0.2, 0.25) is 0 Å². The highest BCUT2D eigenvalue weighted by Crippen LogP contribution is 2.23. The molecule has 0 saturated heterocycles. The van der Waals surface area contributed by atoms with E-state index in [9.17, 15) is 0 Å². The Morgan fingerprint density at radius 3 is 2.60 bits per heavy atom. The van der Waals surface area contributed by atoms with Gasteiger partial charge in [-0.2, -0.15) is 0 Å². The van der Waals surface area contributed by atoms with E-state index in [1.165, 1.54) is 11.1 Å². The zero-order chi connectivity index (χ0) is 14.4. The lowest BCUT2D eigenvalue weighted by Crippen LogP contribution is -2.02. The van der Waals surface area contributed by atoms with Crippen molar-refractivity contribution in [3.63, 3.8) is 0 Å². The molecule has 2 rings (SSSR count). The Bertz CT molecular complexity index is 543. The van der Waals surface area contributed by atoms with Gasteiger partial charge >= 0.3 is 0 Å². The molecule has 0 N–H and O–H groups in total. The van der Waals surface area contributed by atoms with E-state index in [0.717, 1.165) is 16.7 Å². The van der Waals surface area contributed by atoms with Crippen molar-refractivity contribution < 1.29 is 4.74 Å². The van der Waals surface area contributed by atoms with E-state index in [1.807, 2.05) is 12.1 Å². The lowest BCUT2D eigenvalue weighted by Gasteiger charge is -2.12. The summed E-state index contributed by atoms with van der Waals surface area (Å²) in [4.78, 5) is 8.33. The summed E-state index contributed by atoms with van der Waals surface area (Å²) in [6.45, 7) is 7.21. The average molecular weight is 288 g/mol. The van der Waals surface area contributed by atoms with E-state index < -0.39 is 0 Å². The van der Waals surface area contributed by atoms with Gasteiger partial charge in [-0.3, -0.25) is 0 Å². The number of rotatable bonds is 6. The summed E-state index contributed by atoms with van der Waals surface area (Å²) >= 11 is 1.60. The van der Waals surface area contributed by atoms with Crippen LogP contribution >= 0.6 is 11.8 Å². The fourth-order valence-electron chi connectivity index (χ4n) is 2.04. The van der Waals surface area contributed by atoms with Crippen LogP contribution in [0.5, 0.6) is 5.75 Å². The molecule has 2 aromatic rings. The molecule has 0 aliphatic heterocycles. The van der Waals surface area contributed by atoms with Crippen LogP contribution < -0.4 is 4.74 Å². The van der Waals surface area contributed by atoms with Crippen LogP contribution in [0.3, 0.4) is 0 Å². The van der Waals surface area contributed by atoms with E-state index in [0.29, 0.717) is 12.5 Å². The molecule has 1 aromatic carbocycles. The molecule has 0 spiro atoms. The molecule has 0 unspecified atom stereocenters. The van der Waals surface area contributed by atoms with Gasteiger partial charge in [0.05, 0.1) is 6.61 Å². The van der Waals surface area contributed by atoms with Crippen molar-refractivity contribution in [2.75, 3.05) is 12.4 Å². The number of aryl methyl sites for hydroxylation is 1. The molecule has 0 fully saturated rings. The van der Waals surface area contributed by atoms with Crippen molar-refractivity contribution >= 4 is 11.8 Å². The monoisotopic (exact) mass is 288 g/mol. The summed E-state index contributed by atoms with van der Waals surface area (Å²) in [5.41, 5.74) is 2.67. The molecule has 0 saturated carbocycles. The Morgan fingerprint density at radius 2 is 1.95 bits per heavy atom. The minimum Gasteiger partial charge on any atom is -0.493 e. The van der Waals surface area contributed by atoms with Crippen LogP contribution in [0.25, 0.3) is 0 Å². The lowest BCUT2D eigenvalue weighted by molar-refractivity contribution is 0.343. The minimum absolute atomic E-state index is 0.551. The maximum absolute atomic E-state index is 5.77.